The lowest BCUT2D eigenvalue weighted by Crippen LogP contribution is -3.15. The zero-order valence-corrected chi connectivity index (χ0v) is 14.2. The summed E-state index contributed by atoms with van der Waals surface area (Å²) < 4.78 is 0. The zero-order valence-electron chi connectivity index (χ0n) is 12.7. The summed E-state index contributed by atoms with van der Waals surface area (Å²) in [5, 5.41) is 3.70. The Bertz CT molecular complexity index is 584. The van der Waals surface area contributed by atoms with Crippen LogP contribution in [0.4, 0.5) is 5.69 Å². The Morgan fingerprint density at radius 1 is 1.27 bits per heavy atom. The van der Waals surface area contributed by atoms with Gasteiger partial charge in [-0.05, 0) is 18.6 Å². The summed E-state index contributed by atoms with van der Waals surface area (Å²) in [6.45, 7) is 6.67. The van der Waals surface area contributed by atoms with Crippen molar-refractivity contribution in [1.82, 2.24) is 4.90 Å². The highest BCUT2D eigenvalue weighted by Crippen LogP contribution is 2.32. The average molecular weight is 345 g/mol. The Morgan fingerprint density at radius 3 is 2.50 bits per heavy atom. The van der Waals surface area contributed by atoms with Crippen LogP contribution < -0.4 is 10.2 Å². The normalized spacial score (nSPS) is 15.7. The maximum atomic E-state index is 12.2. The summed E-state index contributed by atoms with van der Waals surface area (Å²) in [4.78, 5) is 26.4. The first-order valence-electron chi connectivity index (χ1n) is 7.22. The number of aryl methyl sites for hydroxylation is 1. The molecule has 7 heteroatoms. The van der Waals surface area contributed by atoms with Gasteiger partial charge in [-0.2, -0.15) is 0 Å². The quantitative estimate of drug-likeness (QED) is 0.859. The number of carbonyl (C=O) groups is 2. The van der Waals surface area contributed by atoms with Gasteiger partial charge in [0.25, 0.3) is 5.91 Å². The lowest BCUT2D eigenvalue weighted by Gasteiger charge is -2.31. The largest absolute Gasteiger partial charge is 0.332 e. The lowest BCUT2D eigenvalue weighted by molar-refractivity contribution is -0.895. The standard InChI is InChI=1S/C15H19Cl2N3O2/c1-10-3-4-12(16)15(14(10)17)18-13(22)9-19-5-7-20(8-6-19)11(2)21/h3-4H,5-9H2,1-2H3,(H,18,22)/p+1. The maximum Gasteiger partial charge on any atom is 0.279 e. The van der Waals surface area contributed by atoms with E-state index in [1.807, 2.05) is 13.0 Å². The van der Waals surface area contributed by atoms with Crippen LogP contribution in [-0.2, 0) is 9.59 Å². The molecule has 0 aliphatic carbocycles. The van der Waals surface area contributed by atoms with E-state index in [9.17, 15) is 9.59 Å². The predicted molar refractivity (Wildman–Crippen MR) is 87.6 cm³/mol. The summed E-state index contributed by atoms with van der Waals surface area (Å²) in [5.74, 6) is -0.0394. The van der Waals surface area contributed by atoms with Gasteiger partial charge >= 0.3 is 0 Å². The van der Waals surface area contributed by atoms with Crippen molar-refractivity contribution >= 4 is 40.7 Å². The maximum absolute atomic E-state index is 12.2. The Labute approximate surface area is 140 Å². The van der Waals surface area contributed by atoms with Gasteiger partial charge in [0.05, 0.1) is 41.9 Å². The van der Waals surface area contributed by atoms with Crippen molar-refractivity contribution in [3.8, 4) is 0 Å². The van der Waals surface area contributed by atoms with E-state index in [-0.39, 0.29) is 11.8 Å². The third-order valence-electron chi connectivity index (χ3n) is 3.88. The highest BCUT2D eigenvalue weighted by atomic mass is 35.5. The number of halogens is 2. The second-order valence-electron chi connectivity index (χ2n) is 5.53. The molecule has 1 fully saturated rings. The number of benzene rings is 1. The number of piperazine rings is 1. The molecule has 1 heterocycles. The van der Waals surface area contributed by atoms with Gasteiger partial charge in [-0.1, -0.05) is 29.3 Å². The van der Waals surface area contributed by atoms with E-state index in [4.69, 9.17) is 23.2 Å². The molecule has 0 unspecified atom stereocenters. The van der Waals surface area contributed by atoms with E-state index in [0.29, 0.717) is 35.4 Å². The van der Waals surface area contributed by atoms with Gasteiger partial charge in [0.1, 0.15) is 0 Å². The van der Waals surface area contributed by atoms with Crippen LogP contribution in [0.2, 0.25) is 10.0 Å². The monoisotopic (exact) mass is 344 g/mol. The molecule has 0 bridgehead atoms. The molecule has 1 aromatic carbocycles. The molecule has 0 saturated carbocycles. The molecule has 1 aromatic rings. The zero-order chi connectivity index (χ0) is 16.3. The third-order valence-corrected chi connectivity index (χ3v) is 4.68. The van der Waals surface area contributed by atoms with Gasteiger partial charge in [0, 0.05) is 6.92 Å². The molecule has 2 rings (SSSR count). The van der Waals surface area contributed by atoms with E-state index in [1.165, 1.54) is 0 Å². The number of hydrogen-bond acceptors (Lipinski definition) is 2. The number of hydrogen-bond donors (Lipinski definition) is 2. The molecule has 120 valence electrons. The second kappa shape index (κ2) is 7.31. The topological polar surface area (TPSA) is 53.9 Å². The van der Waals surface area contributed by atoms with Crippen LogP contribution >= 0.6 is 23.2 Å². The number of anilines is 1. The minimum atomic E-state index is -0.124. The van der Waals surface area contributed by atoms with Crippen LogP contribution in [0.3, 0.4) is 0 Å². The Hall–Kier alpha value is -1.30. The molecule has 0 aromatic heterocycles. The number of nitrogens with one attached hydrogen (secondary N) is 2. The van der Waals surface area contributed by atoms with Crippen LogP contribution in [0.25, 0.3) is 0 Å². The van der Waals surface area contributed by atoms with Gasteiger partial charge < -0.3 is 15.1 Å². The first kappa shape index (κ1) is 17.1. The molecule has 0 atom stereocenters. The SMILES string of the molecule is CC(=O)N1CC[NH+](CC(=O)Nc2c(Cl)ccc(C)c2Cl)CC1. The van der Waals surface area contributed by atoms with Crippen LogP contribution in [-0.4, -0.2) is 49.4 Å². The van der Waals surface area contributed by atoms with Crippen molar-refractivity contribution in [3.05, 3.63) is 27.7 Å². The van der Waals surface area contributed by atoms with Gasteiger partial charge in [0.2, 0.25) is 5.91 Å². The highest BCUT2D eigenvalue weighted by Gasteiger charge is 2.24. The Balaban J connectivity index is 1.92. The van der Waals surface area contributed by atoms with Crippen LogP contribution in [0, 0.1) is 6.92 Å². The molecule has 0 spiro atoms. The number of nitrogens with zero attached hydrogens (tertiary/aromatic N) is 1. The van der Waals surface area contributed by atoms with Crippen molar-refractivity contribution in [1.29, 1.82) is 0 Å². The Morgan fingerprint density at radius 2 is 1.91 bits per heavy atom. The van der Waals surface area contributed by atoms with Gasteiger partial charge in [0.15, 0.2) is 6.54 Å². The third kappa shape index (κ3) is 4.12. The van der Waals surface area contributed by atoms with Crippen molar-refractivity contribution in [2.75, 3.05) is 38.0 Å². The summed E-state index contributed by atoms with van der Waals surface area (Å²) >= 11 is 12.3. The van der Waals surface area contributed by atoms with Crippen LogP contribution in [0.15, 0.2) is 12.1 Å². The van der Waals surface area contributed by atoms with Crippen LogP contribution in [0.5, 0.6) is 0 Å². The fourth-order valence-electron chi connectivity index (χ4n) is 2.50. The van der Waals surface area contributed by atoms with Gasteiger partial charge in [-0.25, -0.2) is 0 Å². The molecule has 5 nitrogen and oxygen atoms in total. The molecular weight excluding hydrogens is 325 g/mol. The molecule has 2 N–H and O–H groups in total. The minimum absolute atomic E-state index is 0.0850. The van der Waals surface area contributed by atoms with E-state index in [0.717, 1.165) is 23.6 Å². The smallest absolute Gasteiger partial charge is 0.279 e. The summed E-state index contributed by atoms with van der Waals surface area (Å²) in [6, 6.07) is 3.53. The number of rotatable bonds is 3. The second-order valence-corrected chi connectivity index (χ2v) is 6.32. The predicted octanol–water partition coefficient (Wildman–Crippen LogP) is 0.987. The molecule has 22 heavy (non-hydrogen) atoms. The average Bonchev–Trinajstić information content (AvgIpc) is 2.48. The first-order chi connectivity index (χ1) is 10.4. The fourth-order valence-corrected chi connectivity index (χ4v) is 2.96. The Kier molecular flexibility index (Phi) is 5.67. The summed E-state index contributed by atoms with van der Waals surface area (Å²) in [5.41, 5.74) is 1.33. The lowest BCUT2D eigenvalue weighted by atomic mass is 10.2. The minimum Gasteiger partial charge on any atom is -0.332 e. The molecule has 0 radical (unpaired) electrons. The summed E-state index contributed by atoms with van der Waals surface area (Å²) in [7, 11) is 0. The first-order valence-corrected chi connectivity index (χ1v) is 7.97. The molecular formula is C15H20Cl2N3O2+. The van der Waals surface area contributed by atoms with E-state index >= 15 is 0 Å². The number of quaternary nitrogens is 1. The molecule has 1 saturated heterocycles. The van der Waals surface area contributed by atoms with Crippen molar-refractivity contribution < 1.29 is 14.5 Å². The van der Waals surface area contributed by atoms with E-state index in [1.54, 1.807) is 17.9 Å². The van der Waals surface area contributed by atoms with Gasteiger partial charge in [-0.3, -0.25) is 9.59 Å². The van der Waals surface area contributed by atoms with E-state index in [2.05, 4.69) is 5.32 Å². The van der Waals surface area contributed by atoms with Crippen molar-refractivity contribution in [2.45, 2.75) is 13.8 Å². The van der Waals surface area contributed by atoms with E-state index < -0.39 is 0 Å². The number of amides is 2. The molecule has 2 amide bonds. The highest BCUT2D eigenvalue weighted by molar-refractivity contribution is 6.40. The number of carbonyl (C=O) groups excluding carboxylic acids is 2. The van der Waals surface area contributed by atoms with Crippen molar-refractivity contribution in [2.24, 2.45) is 0 Å². The van der Waals surface area contributed by atoms with Gasteiger partial charge in [-0.15, -0.1) is 0 Å². The molecule has 1 aliphatic rings. The summed E-state index contributed by atoms with van der Waals surface area (Å²) in [6.07, 6.45) is 0. The fraction of sp³-hybridized carbons (Fsp3) is 0.467. The van der Waals surface area contributed by atoms with Crippen molar-refractivity contribution in [3.63, 3.8) is 0 Å². The van der Waals surface area contributed by atoms with Crippen LogP contribution in [0.1, 0.15) is 12.5 Å². The molecule has 1 aliphatic heterocycles.